The van der Waals surface area contributed by atoms with E-state index in [1.807, 2.05) is 13.8 Å². The van der Waals surface area contributed by atoms with Crippen LogP contribution in [0.4, 0.5) is 9.59 Å². The summed E-state index contributed by atoms with van der Waals surface area (Å²) in [6.45, 7) is 4.97. The molecular weight excluding hydrogens is 453 g/mol. The number of carbonyl (C=O) groups is 2. The van der Waals surface area contributed by atoms with E-state index in [9.17, 15) is 9.59 Å². The van der Waals surface area contributed by atoms with Crippen molar-refractivity contribution >= 4 is 70.2 Å². The molecule has 1 atom stereocenters. The average Bonchev–Trinajstić information content (AvgIpc) is 2.57. The minimum Gasteiger partial charge on any atom is -0.432 e. The predicted octanol–water partition coefficient (Wildman–Crippen LogP) is 4.07. The van der Waals surface area contributed by atoms with Gasteiger partial charge in [-0.25, -0.2) is 30.5 Å². The Kier molecular flexibility index (Phi) is 17.2. The predicted molar refractivity (Wildman–Crippen MR) is 106 cm³/mol. The largest absolute Gasteiger partial charge is 0.432 e. The second kappa shape index (κ2) is 15.9. The Morgan fingerprint density at radius 3 is 1.73 bits per heavy atom. The lowest BCUT2D eigenvalue weighted by atomic mass is 10.5. The molecule has 0 saturated carbocycles. The van der Waals surface area contributed by atoms with Crippen LogP contribution in [-0.4, -0.2) is 64.8 Å². The summed E-state index contributed by atoms with van der Waals surface area (Å²) in [6.07, 6.45) is 0.504. The molecule has 0 aliphatic heterocycles. The summed E-state index contributed by atoms with van der Waals surface area (Å²) in [6, 6.07) is -0.110. The molecule has 2 amide bonds. The van der Waals surface area contributed by atoms with E-state index in [2.05, 4.69) is 15.6 Å². The quantitative estimate of drug-likeness (QED) is 0.404. The second-order valence-electron chi connectivity index (χ2n) is 4.51. The average molecular weight is 479 g/mol. The molecule has 0 aliphatic rings. The molecule has 0 heterocycles. The number of rotatable bonds is 8. The van der Waals surface area contributed by atoms with Crippen molar-refractivity contribution in [1.82, 2.24) is 20.9 Å². The van der Waals surface area contributed by atoms with Crippen LogP contribution < -0.4 is 10.9 Å². The fourth-order valence-corrected chi connectivity index (χ4v) is 1.68. The summed E-state index contributed by atoms with van der Waals surface area (Å²) in [5.74, 6) is 0. The van der Waals surface area contributed by atoms with Gasteiger partial charge in [0.25, 0.3) is 0 Å². The highest BCUT2D eigenvalue weighted by Crippen LogP contribution is 2.34. The van der Waals surface area contributed by atoms with Crippen molar-refractivity contribution in [3.8, 4) is 0 Å². The van der Waals surface area contributed by atoms with Gasteiger partial charge in [-0.2, -0.15) is 0 Å². The SMILES string of the molecule is CCCN(NC)C(=O)OC(Cl)C(Cl)(Cl)Cl.CCCN(NC)C(=O)OCCl. The molecule has 0 bridgehead atoms. The number of halogens is 5. The summed E-state index contributed by atoms with van der Waals surface area (Å²) < 4.78 is 7.41. The molecule has 0 aromatic heterocycles. The number of hydrogen-bond acceptors (Lipinski definition) is 6. The van der Waals surface area contributed by atoms with Crippen LogP contribution in [0.1, 0.15) is 26.7 Å². The summed E-state index contributed by atoms with van der Waals surface area (Å²) >= 11 is 27.1. The summed E-state index contributed by atoms with van der Waals surface area (Å²) in [5, 5.41) is 2.59. The molecule has 1 unspecified atom stereocenters. The molecule has 8 nitrogen and oxygen atoms in total. The molecule has 0 rings (SSSR count). The van der Waals surface area contributed by atoms with Crippen LogP contribution in [0.5, 0.6) is 0 Å². The highest BCUT2D eigenvalue weighted by molar-refractivity contribution is 6.70. The van der Waals surface area contributed by atoms with Crippen LogP contribution in [0.15, 0.2) is 0 Å². The molecule has 2 N–H and O–H groups in total. The summed E-state index contributed by atoms with van der Waals surface area (Å²) in [7, 11) is 3.24. The van der Waals surface area contributed by atoms with Gasteiger partial charge in [0.05, 0.1) is 0 Å². The number of hydrazine groups is 2. The molecule has 26 heavy (non-hydrogen) atoms. The molecule has 13 heteroatoms. The number of alkyl halides is 5. The van der Waals surface area contributed by atoms with E-state index in [0.717, 1.165) is 12.8 Å². The maximum atomic E-state index is 11.4. The van der Waals surface area contributed by atoms with Crippen molar-refractivity contribution in [1.29, 1.82) is 0 Å². The fraction of sp³-hybridized carbons (Fsp3) is 0.846. The molecule has 0 fully saturated rings. The topological polar surface area (TPSA) is 83.1 Å². The molecular formula is C13H25Cl5N4O4. The number of hydrogen-bond donors (Lipinski definition) is 2. The van der Waals surface area contributed by atoms with E-state index in [-0.39, 0.29) is 6.07 Å². The van der Waals surface area contributed by atoms with Crippen molar-refractivity contribution < 1.29 is 19.1 Å². The minimum atomic E-state index is -1.84. The van der Waals surface area contributed by atoms with Gasteiger partial charge in [0.2, 0.25) is 9.36 Å². The molecule has 0 aromatic rings. The fourth-order valence-electron chi connectivity index (χ4n) is 1.38. The zero-order chi connectivity index (χ0) is 20.8. The summed E-state index contributed by atoms with van der Waals surface area (Å²) in [5.41, 5.74) is 3.99. The third kappa shape index (κ3) is 13.1. The number of nitrogens with zero attached hydrogens (tertiary/aromatic N) is 2. The van der Waals surface area contributed by atoms with Gasteiger partial charge in [-0.3, -0.25) is 0 Å². The van der Waals surface area contributed by atoms with E-state index in [1.165, 1.54) is 10.0 Å². The normalized spacial score (nSPS) is 11.7. The third-order valence-corrected chi connectivity index (χ3v) is 3.97. The lowest BCUT2D eigenvalue weighted by Gasteiger charge is -2.24. The molecule has 0 aromatic carbocycles. The number of nitrogens with one attached hydrogen (secondary N) is 2. The van der Waals surface area contributed by atoms with Crippen LogP contribution in [0, 0.1) is 0 Å². The standard InChI is InChI=1S/C7H12Cl4N2O2.C6H13ClN2O2/c1-3-4-13(12-2)6(14)15-5(8)7(9,10)11;1-3-4-9(8-2)6(10)11-5-7/h5,12H,3-4H2,1-2H3;8H,3-5H2,1-2H3. The van der Waals surface area contributed by atoms with Gasteiger partial charge >= 0.3 is 12.2 Å². The number of ether oxygens (including phenoxy) is 2. The highest BCUT2D eigenvalue weighted by atomic mass is 35.6. The molecule has 0 saturated heterocycles. The first-order valence-corrected chi connectivity index (χ1v) is 9.73. The number of amides is 2. The lowest BCUT2D eigenvalue weighted by molar-refractivity contribution is 0.0772. The Morgan fingerprint density at radius 2 is 1.42 bits per heavy atom. The second-order valence-corrected chi connectivity index (χ2v) is 7.49. The maximum absolute atomic E-state index is 11.4. The third-order valence-electron chi connectivity index (χ3n) is 2.51. The molecule has 156 valence electrons. The van der Waals surface area contributed by atoms with E-state index >= 15 is 0 Å². The van der Waals surface area contributed by atoms with Crippen molar-refractivity contribution in [2.45, 2.75) is 36.0 Å². The Morgan fingerprint density at radius 1 is 1.00 bits per heavy atom. The van der Waals surface area contributed by atoms with Crippen LogP contribution in [0.3, 0.4) is 0 Å². The first-order valence-electron chi connectivity index (χ1n) is 7.62. The van der Waals surface area contributed by atoms with Gasteiger partial charge in [0.1, 0.15) is 0 Å². The van der Waals surface area contributed by atoms with Crippen molar-refractivity contribution in [3.05, 3.63) is 0 Å². The Balaban J connectivity index is 0. The van der Waals surface area contributed by atoms with Gasteiger partial charge in [-0.05, 0) is 12.8 Å². The van der Waals surface area contributed by atoms with E-state index in [0.29, 0.717) is 13.1 Å². The lowest BCUT2D eigenvalue weighted by Crippen LogP contribution is -2.43. The highest BCUT2D eigenvalue weighted by Gasteiger charge is 2.35. The van der Waals surface area contributed by atoms with Gasteiger partial charge < -0.3 is 9.47 Å². The van der Waals surface area contributed by atoms with Crippen LogP contribution in [0.2, 0.25) is 0 Å². The van der Waals surface area contributed by atoms with Gasteiger partial charge in [-0.15, -0.1) is 0 Å². The van der Waals surface area contributed by atoms with Crippen LogP contribution in [0.25, 0.3) is 0 Å². The van der Waals surface area contributed by atoms with E-state index < -0.39 is 21.5 Å². The zero-order valence-corrected chi connectivity index (χ0v) is 18.8. The number of carbonyl (C=O) groups excluding carboxylic acids is 2. The van der Waals surface area contributed by atoms with Crippen molar-refractivity contribution in [2.75, 3.05) is 33.3 Å². The maximum Gasteiger partial charge on any atom is 0.425 e. The zero-order valence-electron chi connectivity index (χ0n) is 15.0. The van der Waals surface area contributed by atoms with E-state index in [1.54, 1.807) is 14.1 Å². The Hall–Kier alpha value is -0.0900. The monoisotopic (exact) mass is 476 g/mol. The van der Waals surface area contributed by atoms with Crippen molar-refractivity contribution in [3.63, 3.8) is 0 Å². The minimum absolute atomic E-state index is 0.110. The smallest absolute Gasteiger partial charge is 0.425 e. The van der Waals surface area contributed by atoms with Gasteiger partial charge in [-0.1, -0.05) is 71.9 Å². The summed E-state index contributed by atoms with van der Waals surface area (Å²) in [4.78, 5) is 22.3. The van der Waals surface area contributed by atoms with Gasteiger partial charge in [0, 0.05) is 27.2 Å². The molecule has 0 aliphatic carbocycles. The first-order chi connectivity index (χ1) is 12.1. The Labute approximate surface area is 179 Å². The van der Waals surface area contributed by atoms with Crippen LogP contribution >= 0.6 is 58.0 Å². The Bertz CT molecular complexity index is 401. The van der Waals surface area contributed by atoms with Gasteiger partial charge in [0.15, 0.2) is 6.07 Å². The van der Waals surface area contributed by atoms with E-state index in [4.69, 9.17) is 62.7 Å². The molecule has 0 spiro atoms. The first kappa shape index (κ1) is 28.1. The molecule has 0 radical (unpaired) electrons. The van der Waals surface area contributed by atoms with Crippen molar-refractivity contribution in [2.24, 2.45) is 0 Å². The van der Waals surface area contributed by atoms with Crippen LogP contribution in [-0.2, 0) is 9.47 Å².